The van der Waals surface area contributed by atoms with Crippen molar-refractivity contribution >= 4 is 5.97 Å². The molecule has 0 aliphatic carbocycles. The average Bonchev–Trinajstić information content (AvgIpc) is 2.63. The molecule has 0 amide bonds. The summed E-state index contributed by atoms with van der Waals surface area (Å²) in [5, 5.41) is 19.4. The Labute approximate surface area is 146 Å². The third-order valence-electron chi connectivity index (χ3n) is 3.92. The minimum atomic E-state index is -1.16. The number of aromatic hydroxyl groups is 1. The number of carboxylic acid groups (broad SMARTS) is 1. The molecule has 4 heteroatoms. The van der Waals surface area contributed by atoms with Gasteiger partial charge in [-0.15, -0.1) is 0 Å². The molecule has 0 bridgehead atoms. The van der Waals surface area contributed by atoms with Gasteiger partial charge in [-0.3, -0.25) is 0 Å². The van der Waals surface area contributed by atoms with Gasteiger partial charge in [-0.05, 0) is 36.2 Å². The van der Waals surface area contributed by atoms with Crippen LogP contribution < -0.4 is 4.74 Å². The van der Waals surface area contributed by atoms with Crippen LogP contribution >= 0.6 is 0 Å². The van der Waals surface area contributed by atoms with Gasteiger partial charge in [-0.1, -0.05) is 48.5 Å². The fraction of sp³-hybridized carbons (Fsp3) is 0.0952. The van der Waals surface area contributed by atoms with Crippen molar-refractivity contribution in [3.8, 4) is 22.6 Å². The summed E-state index contributed by atoms with van der Waals surface area (Å²) >= 11 is 0. The Bertz CT molecular complexity index is 901. The molecule has 3 rings (SSSR count). The number of aryl methyl sites for hydroxylation is 1. The number of hydrogen-bond donors (Lipinski definition) is 2. The van der Waals surface area contributed by atoms with Crippen LogP contribution in [0.3, 0.4) is 0 Å². The maximum absolute atomic E-state index is 11.2. The Balaban J connectivity index is 1.90. The predicted molar refractivity (Wildman–Crippen MR) is 96.0 cm³/mol. The molecule has 0 saturated carbocycles. The molecule has 2 N–H and O–H groups in total. The van der Waals surface area contributed by atoms with Crippen molar-refractivity contribution in [1.82, 2.24) is 0 Å². The average molecular weight is 334 g/mol. The monoisotopic (exact) mass is 334 g/mol. The van der Waals surface area contributed by atoms with Crippen LogP contribution in [0.15, 0.2) is 66.7 Å². The largest absolute Gasteiger partial charge is 0.507 e. The topological polar surface area (TPSA) is 66.8 Å². The number of rotatable bonds is 5. The quantitative estimate of drug-likeness (QED) is 0.713. The van der Waals surface area contributed by atoms with Gasteiger partial charge in [-0.25, -0.2) is 4.79 Å². The molecule has 0 radical (unpaired) electrons. The summed E-state index contributed by atoms with van der Waals surface area (Å²) < 4.78 is 5.90. The Morgan fingerprint density at radius 2 is 1.68 bits per heavy atom. The van der Waals surface area contributed by atoms with Gasteiger partial charge in [0.2, 0.25) is 0 Å². The van der Waals surface area contributed by atoms with Crippen LogP contribution in [-0.2, 0) is 6.61 Å². The van der Waals surface area contributed by atoms with Crippen LogP contribution in [-0.4, -0.2) is 16.2 Å². The molecule has 0 aliphatic rings. The number of benzene rings is 3. The Kier molecular flexibility index (Phi) is 4.70. The van der Waals surface area contributed by atoms with Gasteiger partial charge < -0.3 is 14.9 Å². The van der Waals surface area contributed by atoms with Crippen molar-refractivity contribution in [2.75, 3.05) is 0 Å². The van der Waals surface area contributed by atoms with Gasteiger partial charge in [-0.2, -0.15) is 0 Å². The predicted octanol–water partition coefficient (Wildman–Crippen LogP) is 4.64. The van der Waals surface area contributed by atoms with Gasteiger partial charge in [0.1, 0.15) is 23.7 Å². The second-order valence-corrected chi connectivity index (χ2v) is 5.78. The lowest BCUT2D eigenvalue weighted by Crippen LogP contribution is -2.03. The number of ether oxygens (including phenoxy) is 1. The van der Waals surface area contributed by atoms with Gasteiger partial charge in [0.05, 0.1) is 0 Å². The zero-order valence-electron chi connectivity index (χ0n) is 13.8. The number of para-hydroxylation sites is 1. The second-order valence-electron chi connectivity index (χ2n) is 5.78. The van der Waals surface area contributed by atoms with E-state index in [0.717, 1.165) is 16.7 Å². The summed E-state index contributed by atoms with van der Waals surface area (Å²) in [5.74, 6) is -0.742. The van der Waals surface area contributed by atoms with Crippen molar-refractivity contribution in [3.63, 3.8) is 0 Å². The van der Waals surface area contributed by atoms with Gasteiger partial charge in [0, 0.05) is 11.1 Å². The molecule has 126 valence electrons. The van der Waals surface area contributed by atoms with E-state index in [1.165, 1.54) is 6.07 Å². The van der Waals surface area contributed by atoms with Crippen LogP contribution in [0.2, 0.25) is 0 Å². The van der Waals surface area contributed by atoms with Crippen molar-refractivity contribution < 1.29 is 19.7 Å². The molecule has 0 heterocycles. The third-order valence-corrected chi connectivity index (χ3v) is 3.92. The Morgan fingerprint density at radius 3 is 2.40 bits per heavy atom. The first-order valence-electron chi connectivity index (χ1n) is 7.89. The highest BCUT2D eigenvalue weighted by molar-refractivity contribution is 5.91. The van der Waals surface area contributed by atoms with Gasteiger partial charge in [0.25, 0.3) is 0 Å². The van der Waals surface area contributed by atoms with Gasteiger partial charge in [0.15, 0.2) is 0 Å². The molecule has 0 aliphatic heterocycles. The Hall–Kier alpha value is -3.27. The van der Waals surface area contributed by atoms with Crippen molar-refractivity contribution in [1.29, 1.82) is 0 Å². The third kappa shape index (κ3) is 3.63. The minimum Gasteiger partial charge on any atom is -0.507 e. The standard InChI is InChI=1S/C21H18O4/c1-14-11-16(20(22)18(12-14)21(23)24)13-25-19-10-6-5-9-17(19)15-7-3-2-4-8-15/h2-12,22H,13H2,1H3,(H,23,24). The lowest BCUT2D eigenvalue weighted by molar-refractivity contribution is 0.0693. The van der Waals surface area contributed by atoms with E-state index < -0.39 is 5.97 Å². The van der Waals surface area contributed by atoms with E-state index in [1.54, 1.807) is 13.0 Å². The van der Waals surface area contributed by atoms with Gasteiger partial charge >= 0.3 is 5.97 Å². The van der Waals surface area contributed by atoms with Crippen LogP contribution in [0.1, 0.15) is 21.5 Å². The normalized spacial score (nSPS) is 10.4. The summed E-state index contributed by atoms with van der Waals surface area (Å²) in [6.07, 6.45) is 0. The van der Waals surface area contributed by atoms with Crippen LogP contribution in [0, 0.1) is 6.92 Å². The molecule has 0 aromatic heterocycles. The lowest BCUT2D eigenvalue weighted by atomic mass is 10.0. The van der Waals surface area contributed by atoms with E-state index in [9.17, 15) is 15.0 Å². The summed E-state index contributed by atoms with van der Waals surface area (Å²) in [4.78, 5) is 11.2. The highest BCUT2D eigenvalue weighted by atomic mass is 16.5. The number of phenols is 1. The van der Waals surface area contributed by atoms with Crippen LogP contribution in [0.5, 0.6) is 11.5 Å². The molecule has 3 aromatic rings. The number of carbonyl (C=O) groups is 1. The molecule has 3 aromatic carbocycles. The van der Waals surface area contributed by atoms with E-state index in [2.05, 4.69) is 0 Å². The zero-order valence-corrected chi connectivity index (χ0v) is 13.8. The Morgan fingerprint density at radius 1 is 1.00 bits per heavy atom. The first kappa shape index (κ1) is 16.6. The smallest absolute Gasteiger partial charge is 0.339 e. The number of hydrogen-bond acceptors (Lipinski definition) is 3. The molecule has 0 spiro atoms. The minimum absolute atomic E-state index is 0.0810. The molecule has 25 heavy (non-hydrogen) atoms. The maximum Gasteiger partial charge on any atom is 0.339 e. The molecule has 0 saturated heterocycles. The van der Waals surface area contributed by atoms with E-state index in [-0.39, 0.29) is 17.9 Å². The van der Waals surface area contributed by atoms with Crippen LogP contribution in [0.4, 0.5) is 0 Å². The maximum atomic E-state index is 11.2. The fourth-order valence-corrected chi connectivity index (χ4v) is 2.73. The SMILES string of the molecule is Cc1cc(COc2ccccc2-c2ccccc2)c(O)c(C(=O)O)c1. The second kappa shape index (κ2) is 7.09. The number of carboxylic acids is 1. The molecule has 0 unspecified atom stereocenters. The van der Waals surface area contributed by atoms with Crippen LogP contribution in [0.25, 0.3) is 11.1 Å². The molecular weight excluding hydrogens is 316 g/mol. The van der Waals surface area contributed by atoms with E-state index >= 15 is 0 Å². The first-order chi connectivity index (χ1) is 12.1. The molecule has 0 atom stereocenters. The summed E-state index contributed by atoms with van der Waals surface area (Å²) in [6.45, 7) is 1.87. The summed E-state index contributed by atoms with van der Waals surface area (Å²) in [5.41, 5.74) is 3.05. The fourth-order valence-electron chi connectivity index (χ4n) is 2.73. The van der Waals surface area contributed by atoms with E-state index in [1.807, 2.05) is 54.6 Å². The lowest BCUT2D eigenvalue weighted by Gasteiger charge is -2.14. The summed E-state index contributed by atoms with van der Waals surface area (Å²) in [6, 6.07) is 20.6. The highest BCUT2D eigenvalue weighted by Crippen LogP contribution is 2.31. The van der Waals surface area contributed by atoms with E-state index in [4.69, 9.17) is 4.74 Å². The van der Waals surface area contributed by atoms with Crippen molar-refractivity contribution in [2.45, 2.75) is 13.5 Å². The zero-order chi connectivity index (χ0) is 17.8. The number of aromatic carboxylic acids is 1. The first-order valence-corrected chi connectivity index (χ1v) is 7.89. The van der Waals surface area contributed by atoms with Crippen molar-refractivity contribution in [3.05, 3.63) is 83.4 Å². The highest BCUT2D eigenvalue weighted by Gasteiger charge is 2.15. The molecule has 4 nitrogen and oxygen atoms in total. The summed E-state index contributed by atoms with van der Waals surface area (Å²) in [7, 11) is 0. The van der Waals surface area contributed by atoms with E-state index in [0.29, 0.717) is 11.3 Å². The molecular formula is C21H18O4. The molecule has 0 fully saturated rings. The van der Waals surface area contributed by atoms with Crippen molar-refractivity contribution in [2.24, 2.45) is 0 Å².